The Kier molecular flexibility index (Phi) is 2.72. The molecule has 0 heterocycles. The van der Waals surface area contributed by atoms with Gasteiger partial charge in [-0.15, -0.1) is 0 Å². The number of aliphatic hydroxyl groups excluding tert-OH is 1. The van der Waals surface area contributed by atoms with Crippen molar-refractivity contribution in [3.63, 3.8) is 0 Å². The summed E-state index contributed by atoms with van der Waals surface area (Å²) in [7, 11) is 0. The molecule has 0 spiro atoms. The molecule has 3 rings (SSSR count). The molecule has 0 aromatic heterocycles. The predicted octanol–water partition coefficient (Wildman–Crippen LogP) is 3.79. The Hall–Kier alpha value is -0.820. The molecule has 1 aromatic carbocycles. The van der Waals surface area contributed by atoms with Gasteiger partial charge >= 0.3 is 0 Å². The van der Waals surface area contributed by atoms with Crippen LogP contribution in [0.15, 0.2) is 24.3 Å². The van der Waals surface area contributed by atoms with Crippen LogP contribution in [0.5, 0.6) is 0 Å². The SMILES string of the molecule is OC(c1cccc(C2CC2)c1)C1CCCC1. The lowest BCUT2D eigenvalue weighted by Crippen LogP contribution is -2.09. The minimum atomic E-state index is -0.221. The first kappa shape index (κ1) is 10.3. The average molecular weight is 216 g/mol. The van der Waals surface area contributed by atoms with E-state index in [9.17, 15) is 5.11 Å². The Bertz CT molecular complexity index is 361. The van der Waals surface area contributed by atoms with Gasteiger partial charge in [0.1, 0.15) is 0 Å². The molecule has 1 atom stereocenters. The molecule has 0 bridgehead atoms. The fourth-order valence-corrected chi connectivity index (χ4v) is 2.96. The summed E-state index contributed by atoms with van der Waals surface area (Å²) >= 11 is 0. The molecule has 2 aliphatic carbocycles. The molecule has 2 fully saturated rings. The van der Waals surface area contributed by atoms with Gasteiger partial charge in [-0.3, -0.25) is 0 Å². The molecule has 0 saturated heterocycles. The lowest BCUT2D eigenvalue weighted by Gasteiger charge is -2.18. The molecule has 1 aromatic rings. The van der Waals surface area contributed by atoms with Crippen LogP contribution in [-0.2, 0) is 0 Å². The van der Waals surface area contributed by atoms with Gasteiger partial charge in [0.25, 0.3) is 0 Å². The van der Waals surface area contributed by atoms with E-state index in [1.807, 2.05) is 0 Å². The Morgan fingerprint density at radius 3 is 2.50 bits per heavy atom. The van der Waals surface area contributed by atoms with Crippen LogP contribution in [0, 0.1) is 5.92 Å². The van der Waals surface area contributed by atoms with Crippen LogP contribution in [0.3, 0.4) is 0 Å². The lowest BCUT2D eigenvalue weighted by atomic mass is 9.93. The highest BCUT2D eigenvalue weighted by Crippen LogP contribution is 2.42. The third-order valence-corrected chi connectivity index (χ3v) is 4.15. The number of hydrogen-bond acceptors (Lipinski definition) is 1. The first-order chi connectivity index (χ1) is 7.84. The van der Waals surface area contributed by atoms with E-state index in [1.165, 1.54) is 44.1 Å². The van der Waals surface area contributed by atoms with E-state index in [2.05, 4.69) is 24.3 Å². The molecule has 2 saturated carbocycles. The van der Waals surface area contributed by atoms with Crippen molar-refractivity contribution in [2.45, 2.75) is 50.5 Å². The molecule has 16 heavy (non-hydrogen) atoms. The maximum Gasteiger partial charge on any atom is 0.0818 e. The van der Waals surface area contributed by atoms with Crippen molar-refractivity contribution in [1.29, 1.82) is 0 Å². The zero-order valence-corrected chi connectivity index (χ0v) is 9.73. The number of aliphatic hydroxyl groups is 1. The van der Waals surface area contributed by atoms with Crippen LogP contribution in [-0.4, -0.2) is 5.11 Å². The average Bonchev–Trinajstić information content (AvgIpc) is 3.04. The molecule has 0 aliphatic heterocycles. The van der Waals surface area contributed by atoms with E-state index in [4.69, 9.17) is 0 Å². The van der Waals surface area contributed by atoms with Crippen molar-refractivity contribution in [3.05, 3.63) is 35.4 Å². The lowest BCUT2D eigenvalue weighted by molar-refractivity contribution is 0.111. The first-order valence-electron chi connectivity index (χ1n) is 6.62. The van der Waals surface area contributed by atoms with Crippen LogP contribution >= 0.6 is 0 Å². The summed E-state index contributed by atoms with van der Waals surface area (Å²) in [6, 6.07) is 8.65. The van der Waals surface area contributed by atoms with E-state index < -0.39 is 0 Å². The Labute approximate surface area is 97.5 Å². The highest BCUT2D eigenvalue weighted by molar-refractivity contribution is 5.30. The second-order valence-corrected chi connectivity index (χ2v) is 5.43. The maximum atomic E-state index is 10.3. The Morgan fingerprint density at radius 1 is 1.06 bits per heavy atom. The summed E-state index contributed by atoms with van der Waals surface area (Å²) in [6.45, 7) is 0. The third kappa shape index (κ3) is 2.01. The Balaban J connectivity index is 1.78. The van der Waals surface area contributed by atoms with Crippen molar-refractivity contribution in [3.8, 4) is 0 Å². The van der Waals surface area contributed by atoms with Crippen LogP contribution in [0.2, 0.25) is 0 Å². The highest BCUT2D eigenvalue weighted by atomic mass is 16.3. The van der Waals surface area contributed by atoms with Crippen LogP contribution in [0.25, 0.3) is 0 Å². The molecular formula is C15H20O. The molecule has 1 N–H and O–H groups in total. The molecule has 0 amide bonds. The topological polar surface area (TPSA) is 20.2 Å². The standard InChI is InChI=1S/C15H20O/c16-15(12-4-1-2-5-12)14-7-3-6-13(10-14)11-8-9-11/h3,6-7,10-12,15-16H,1-2,4-5,8-9H2. The van der Waals surface area contributed by atoms with Crippen molar-refractivity contribution in [2.75, 3.05) is 0 Å². The van der Waals surface area contributed by atoms with Gasteiger partial charge in [-0.05, 0) is 48.6 Å². The molecule has 86 valence electrons. The highest BCUT2D eigenvalue weighted by Gasteiger charge is 2.27. The fraction of sp³-hybridized carbons (Fsp3) is 0.600. The van der Waals surface area contributed by atoms with Crippen molar-refractivity contribution >= 4 is 0 Å². The molecule has 1 heteroatoms. The second kappa shape index (κ2) is 4.21. The van der Waals surface area contributed by atoms with Crippen LogP contribution < -0.4 is 0 Å². The van der Waals surface area contributed by atoms with Gasteiger partial charge in [0.15, 0.2) is 0 Å². The van der Waals surface area contributed by atoms with Gasteiger partial charge in [0.2, 0.25) is 0 Å². The Morgan fingerprint density at radius 2 is 1.81 bits per heavy atom. The first-order valence-corrected chi connectivity index (χ1v) is 6.62. The zero-order valence-electron chi connectivity index (χ0n) is 9.73. The molecule has 0 radical (unpaired) electrons. The summed E-state index contributed by atoms with van der Waals surface area (Å²) in [5.41, 5.74) is 2.59. The largest absolute Gasteiger partial charge is 0.388 e. The molecule has 1 unspecified atom stereocenters. The molecular weight excluding hydrogens is 196 g/mol. The number of rotatable bonds is 3. The van der Waals surface area contributed by atoms with Crippen molar-refractivity contribution < 1.29 is 5.11 Å². The van der Waals surface area contributed by atoms with Crippen molar-refractivity contribution in [1.82, 2.24) is 0 Å². The maximum absolute atomic E-state index is 10.3. The normalized spacial score (nSPS) is 23.6. The summed E-state index contributed by atoms with van der Waals surface area (Å²) in [5.74, 6) is 1.30. The fourth-order valence-electron chi connectivity index (χ4n) is 2.96. The summed E-state index contributed by atoms with van der Waals surface area (Å²) in [4.78, 5) is 0. The van der Waals surface area contributed by atoms with Gasteiger partial charge < -0.3 is 5.11 Å². The minimum Gasteiger partial charge on any atom is -0.388 e. The van der Waals surface area contributed by atoms with E-state index in [1.54, 1.807) is 0 Å². The van der Waals surface area contributed by atoms with Gasteiger partial charge in [0, 0.05) is 0 Å². The minimum absolute atomic E-state index is 0.221. The predicted molar refractivity (Wildman–Crippen MR) is 65.3 cm³/mol. The summed E-state index contributed by atoms with van der Waals surface area (Å²) < 4.78 is 0. The van der Waals surface area contributed by atoms with E-state index in [-0.39, 0.29) is 6.10 Å². The van der Waals surface area contributed by atoms with Crippen molar-refractivity contribution in [2.24, 2.45) is 5.92 Å². The van der Waals surface area contributed by atoms with Gasteiger partial charge in [-0.1, -0.05) is 37.1 Å². The smallest absolute Gasteiger partial charge is 0.0818 e. The summed E-state index contributed by atoms with van der Waals surface area (Å²) in [5, 5.41) is 10.3. The number of benzene rings is 1. The van der Waals surface area contributed by atoms with E-state index in [0.29, 0.717) is 5.92 Å². The quantitative estimate of drug-likeness (QED) is 0.815. The van der Waals surface area contributed by atoms with E-state index in [0.717, 1.165) is 11.5 Å². The second-order valence-electron chi connectivity index (χ2n) is 5.43. The van der Waals surface area contributed by atoms with Gasteiger partial charge in [0.05, 0.1) is 6.10 Å². The van der Waals surface area contributed by atoms with Gasteiger partial charge in [-0.25, -0.2) is 0 Å². The molecule has 2 aliphatic rings. The van der Waals surface area contributed by atoms with Gasteiger partial charge in [-0.2, -0.15) is 0 Å². The molecule has 1 nitrogen and oxygen atoms in total. The zero-order chi connectivity index (χ0) is 11.0. The third-order valence-electron chi connectivity index (χ3n) is 4.15. The number of hydrogen-bond donors (Lipinski definition) is 1. The van der Waals surface area contributed by atoms with E-state index >= 15 is 0 Å². The monoisotopic (exact) mass is 216 g/mol. The van der Waals surface area contributed by atoms with Crippen LogP contribution in [0.4, 0.5) is 0 Å². The summed E-state index contributed by atoms with van der Waals surface area (Å²) in [6.07, 6.45) is 7.45. The van der Waals surface area contributed by atoms with Crippen LogP contribution in [0.1, 0.15) is 61.7 Å².